The Morgan fingerprint density at radius 2 is 1.37 bits per heavy atom. The molecule has 1 heterocycles. The molecule has 0 fully saturated rings. The lowest BCUT2D eigenvalue weighted by Gasteiger charge is -2.04. The third kappa shape index (κ3) is 11.0. The van der Waals surface area contributed by atoms with Crippen molar-refractivity contribution in [2.75, 3.05) is 5.75 Å². The maximum atomic E-state index is 12.3. The van der Waals surface area contributed by atoms with E-state index in [2.05, 4.69) is 16.9 Å². The first-order valence-electron chi connectivity index (χ1n) is 12.7. The van der Waals surface area contributed by atoms with Crippen molar-refractivity contribution in [2.24, 2.45) is 12.1 Å². The number of aryl methyl sites for hydroxylation is 1. The van der Waals surface area contributed by atoms with E-state index in [1.54, 1.807) is 17.7 Å². The molecular formula is C24H41N3O5S3. The van der Waals surface area contributed by atoms with Crippen LogP contribution in [0.1, 0.15) is 96.8 Å². The van der Waals surface area contributed by atoms with E-state index in [-0.39, 0.29) is 10.6 Å². The molecule has 0 saturated carbocycles. The molecule has 0 saturated heterocycles. The number of rotatable bonds is 18. The fraction of sp³-hybridized carbons (Fsp3) is 0.708. The summed E-state index contributed by atoms with van der Waals surface area (Å²) in [5.41, 5.74) is 0.537. The van der Waals surface area contributed by atoms with Crippen molar-refractivity contribution in [1.29, 1.82) is 0 Å². The van der Waals surface area contributed by atoms with Gasteiger partial charge in [0.15, 0.2) is 0 Å². The summed E-state index contributed by atoms with van der Waals surface area (Å²) in [5.74, 6) is 0.0239. The number of nitrogens with one attached hydrogen (secondary N) is 1. The van der Waals surface area contributed by atoms with E-state index in [1.807, 2.05) is 0 Å². The number of unbranched alkanes of at least 4 members (excludes halogenated alkanes) is 13. The number of nitrogens with zero attached hydrogens (tertiary/aromatic N) is 2. The molecule has 0 bridgehead atoms. The minimum absolute atomic E-state index is 0.0239. The van der Waals surface area contributed by atoms with E-state index in [0.29, 0.717) is 16.7 Å². The number of aromatic nitrogens is 1. The van der Waals surface area contributed by atoms with Gasteiger partial charge in [-0.05, 0) is 24.6 Å². The predicted molar refractivity (Wildman–Crippen MR) is 143 cm³/mol. The van der Waals surface area contributed by atoms with Gasteiger partial charge in [-0.2, -0.15) is 8.42 Å². The summed E-state index contributed by atoms with van der Waals surface area (Å²) < 4.78 is 58.9. The smallest absolute Gasteiger partial charge is 0.294 e. The molecule has 11 heteroatoms. The minimum atomic E-state index is -4.32. The van der Waals surface area contributed by atoms with Gasteiger partial charge < -0.3 is 4.57 Å². The van der Waals surface area contributed by atoms with Crippen LogP contribution in [-0.2, 0) is 27.2 Å². The van der Waals surface area contributed by atoms with Crippen LogP contribution in [0.4, 0.5) is 0 Å². The standard InChI is InChI=1S/C24H41N3O5S3/c1-3-4-5-6-7-8-9-10-11-12-13-14-15-16-19-34(28,29)26-25-24-27(2)22-20-21(35(30,31)32)17-18-23(22)33-24/h17-18,20,26H,3-16,19H2,1-2H3,(H,30,31,32)/b25-24+. The first-order valence-corrected chi connectivity index (χ1v) is 16.7. The molecule has 1 aromatic heterocycles. The monoisotopic (exact) mass is 547 g/mol. The summed E-state index contributed by atoms with van der Waals surface area (Å²) in [7, 11) is -6.20. The van der Waals surface area contributed by atoms with Crippen LogP contribution in [0.25, 0.3) is 10.2 Å². The largest absolute Gasteiger partial charge is 0.318 e. The van der Waals surface area contributed by atoms with Crippen molar-refractivity contribution < 1.29 is 21.4 Å². The summed E-state index contributed by atoms with van der Waals surface area (Å²) in [6.07, 6.45) is 16.9. The van der Waals surface area contributed by atoms with Gasteiger partial charge in [0.25, 0.3) is 10.1 Å². The average Bonchev–Trinajstić information content (AvgIpc) is 3.12. The zero-order valence-corrected chi connectivity index (χ0v) is 23.5. The predicted octanol–water partition coefficient (Wildman–Crippen LogP) is 5.70. The summed E-state index contributed by atoms with van der Waals surface area (Å²) in [6.45, 7) is 2.24. The summed E-state index contributed by atoms with van der Waals surface area (Å²) in [5, 5.41) is 4.02. The average molecular weight is 548 g/mol. The SMILES string of the molecule is CCCCCCCCCCCCCCCCS(=O)(=O)N/N=c1/sc2ccc(S(=O)(=O)O)cc2n1C. The Kier molecular flexibility index (Phi) is 12.7. The van der Waals surface area contributed by atoms with E-state index in [4.69, 9.17) is 0 Å². The Morgan fingerprint density at radius 3 is 1.89 bits per heavy atom. The van der Waals surface area contributed by atoms with Gasteiger partial charge in [-0.15, -0.1) is 5.10 Å². The number of fused-ring (bicyclic) bond motifs is 1. The molecule has 2 rings (SSSR count). The van der Waals surface area contributed by atoms with Gasteiger partial charge in [0.05, 0.1) is 20.9 Å². The van der Waals surface area contributed by atoms with Crippen LogP contribution in [0.5, 0.6) is 0 Å². The second kappa shape index (κ2) is 15.0. The topological polar surface area (TPSA) is 118 Å². The van der Waals surface area contributed by atoms with Gasteiger partial charge in [0, 0.05) is 7.05 Å². The Morgan fingerprint density at radius 1 is 0.857 bits per heavy atom. The number of hydrogen-bond acceptors (Lipinski definition) is 6. The highest BCUT2D eigenvalue weighted by Gasteiger charge is 2.13. The van der Waals surface area contributed by atoms with Crippen molar-refractivity contribution >= 4 is 41.7 Å². The van der Waals surface area contributed by atoms with Crippen molar-refractivity contribution in [3.05, 3.63) is 23.0 Å². The van der Waals surface area contributed by atoms with Gasteiger partial charge in [-0.1, -0.05) is 102 Å². The maximum absolute atomic E-state index is 12.3. The molecule has 2 aromatic rings. The molecule has 0 unspecified atom stereocenters. The van der Waals surface area contributed by atoms with Gasteiger partial charge >= 0.3 is 0 Å². The van der Waals surface area contributed by atoms with Crippen molar-refractivity contribution in [2.45, 2.75) is 102 Å². The fourth-order valence-corrected chi connectivity index (χ4v) is 6.43. The van der Waals surface area contributed by atoms with Crippen LogP contribution >= 0.6 is 11.3 Å². The molecule has 0 radical (unpaired) electrons. The molecular weight excluding hydrogens is 506 g/mol. The highest BCUT2D eigenvalue weighted by atomic mass is 32.2. The molecule has 1 aromatic carbocycles. The number of sulfonamides is 1. The van der Waals surface area contributed by atoms with Gasteiger partial charge in [0.2, 0.25) is 14.8 Å². The summed E-state index contributed by atoms with van der Waals surface area (Å²) in [6, 6.07) is 4.20. The summed E-state index contributed by atoms with van der Waals surface area (Å²) in [4.78, 5) is 2.45. The lowest BCUT2D eigenvalue weighted by Crippen LogP contribution is -2.25. The molecule has 2 N–H and O–H groups in total. The van der Waals surface area contributed by atoms with Crippen LogP contribution in [0, 0.1) is 0 Å². The molecule has 200 valence electrons. The lowest BCUT2D eigenvalue weighted by molar-refractivity contribution is 0.483. The third-order valence-corrected chi connectivity index (χ3v) is 9.28. The molecule has 0 aliphatic heterocycles. The number of benzene rings is 1. The van der Waals surface area contributed by atoms with E-state index in [1.165, 1.54) is 87.7 Å². The molecule has 0 amide bonds. The normalized spacial score (nSPS) is 13.1. The van der Waals surface area contributed by atoms with Gasteiger partial charge in [-0.3, -0.25) is 4.55 Å². The maximum Gasteiger partial charge on any atom is 0.294 e. The van der Waals surface area contributed by atoms with Crippen LogP contribution in [-0.4, -0.2) is 31.7 Å². The summed E-state index contributed by atoms with van der Waals surface area (Å²) >= 11 is 1.23. The first-order chi connectivity index (χ1) is 16.6. The van der Waals surface area contributed by atoms with Crippen molar-refractivity contribution in [3.63, 3.8) is 0 Å². The molecule has 0 aliphatic rings. The molecule has 0 aliphatic carbocycles. The zero-order chi connectivity index (χ0) is 25.7. The van der Waals surface area contributed by atoms with Crippen LogP contribution < -0.4 is 9.63 Å². The Bertz CT molecular complexity index is 1180. The van der Waals surface area contributed by atoms with E-state index >= 15 is 0 Å². The fourth-order valence-electron chi connectivity index (χ4n) is 4.01. The van der Waals surface area contributed by atoms with E-state index < -0.39 is 20.1 Å². The third-order valence-electron chi connectivity index (χ3n) is 6.12. The molecule has 0 atom stereocenters. The second-order valence-corrected chi connectivity index (χ2v) is 13.4. The Labute approximate surface area is 214 Å². The second-order valence-electron chi connectivity index (χ2n) is 9.17. The van der Waals surface area contributed by atoms with E-state index in [0.717, 1.165) is 24.0 Å². The van der Waals surface area contributed by atoms with Crippen LogP contribution in [0.15, 0.2) is 28.2 Å². The highest BCUT2D eigenvalue weighted by Crippen LogP contribution is 2.20. The zero-order valence-electron chi connectivity index (χ0n) is 21.0. The molecule has 0 spiro atoms. The van der Waals surface area contributed by atoms with Gasteiger partial charge in [-0.25, -0.2) is 13.2 Å². The first kappa shape index (κ1) is 29.8. The van der Waals surface area contributed by atoms with Crippen molar-refractivity contribution in [3.8, 4) is 0 Å². The Balaban J connectivity index is 1.66. The molecule has 35 heavy (non-hydrogen) atoms. The lowest BCUT2D eigenvalue weighted by atomic mass is 10.0. The number of thiazole rings is 1. The van der Waals surface area contributed by atoms with Gasteiger partial charge in [0.1, 0.15) is 0 Å². The van der Waals surface area contributed by atoms with E-state index in [9.17, 15) is 21.4 Å². The highest BCUT2D eigenvalue weighted by molar-refractivity contribution is 7.89. The van der Waals surface area contributed by atoms with Crippen molar-refractivity contribution in [1.82, 2.24) is 9.40 Å². The van der Waals surface area contributed by atoms with Crippen LogP contribution in [0.3, 0.4) is 0 Å². The minimum Gasteiger partial charge on any atom is -0.318 e. The number of hydrogen-bond donors (Lipinski definition) is 2. The van der Waals surface area contributed by atoms with Crippen LogP contribution in [0.2, 0.25) is 0 Å². The Hall–Kier alpha value is -1.43. The quantitative estimate of drug-likeness (QED) is 0.141. The molecule has 8 nitrogen and oxygen atoms in total.